The average Bonchev–Trinajstić information content (AvgIpc) is 2.91. The molecule has 1 fully saturated rings. The van der Waals surface area contributed by atoms with Gasteiger partial charge in [-0.25, -0.2) is 0 Å². The maximum atomic E-state index is 12.8. The van der Waals surface area contributed by atoms with E-state index in [4.69, 9.17) is 9.72 Å². The molecule has 1 amide bonds. The number of anilines is 3. The number of aryl methyl sites for hydroxylation is 1. The molecule has 8 heteroatoms. The summed E-state index contributed by atoms with van der Waals surface area (Å²) < 4.78 is 5.87. The smallest absolute Gasteiger partial charge is 0.248 e. The Kier molecular flexibility index (Phi) is 8.72. The molecule has 0 bridgehead atoms. The summed E-state index contributed by atoms with van der Waals surface area (Å²) in [5.41, 5.74) is 3.96. The van der Waals surface area contributed by atoms with Gasteiger partial charge in [0.2, 0.25) is 5.91 Å². The van der Waals surface area contributed by atoms with Crippen LogP contribution in [0.15, 0.2) is 54.6 Å². The highest BCUT2D eigenvalue weighted by molar-refractivity contribution is 6.05. The third-order valence-corrected chi connectivity index (χ3v) is 6.44. The second-order valence-electron chi connectivity index (χ2n) is 9.06. The van der Waals surface area contributed by atoms with Crippen LogP contribution in [0.5, 0.6) is 5.75 Å². The lowest BCUT2D eigenvalue weighted by Crippen LogP contribution is -2.44. The molecule has 37 heavy (non-hydrogen) atoms. The molecule has 0 aliphatic carbocycles. The van der Waals surface area contributed by atoms with Gasteiger partial charge >= 0.3 is 0 Å². The first-order valence-electron chi connectivity index (χ1n) is 12.8. The molecule has 1 saturated heterocycles. The van der Waals surface area contributed by atoms with Crippen LogP contribution in [-0.2, 0) is 11.2 Å². The zero-order valence-corrected chi connectivity index (χ0v) is 21.8. The van der Waals surface area contributed by atoms with Crippen LogP contribution in [0.4, 0.5) is 17.1 Å². The number of hydrogen-bond donors (Lipinski definition) is 2. The largest absolute Gasteiger partial charge is 0.492 e. The van der Waals surface area contributed by atoms with Crippen molar-refractivity contribution in [3.63, 3.8) is 0 Å². The summed E-state index contributed by atoms with van der Waals surface area (Å²) in [5, 5.41) is 17.1. The Bertz CT molecular complexity index is 1310. The van der Waals surface area contributed by atoms with Crippen LogP contribution in [-0.4, -0.2) is 67.1 Å². The van der Waals surface area contributed by atoms with Crippen LogP contribution in [0.3, 0.4) is 0 Å². The Morgan fingerprint density at radius 3 is 2.59 bits per heavy atom. The van der Waals surface area contributed by atoms with E-state index in [1.807, 2.05) is 62.4 Å². The number of benzene rings is 2. The molecule has 192 valence electrons. The predicted octanol–water partition coefficient (Wildman–Crippen LogP) is 4.55. The topological polar surface area (TPSA) is 93.5 Å². The van der Waals surface area contributed by atoms with E-state index in [1.165, 1.54) is 0 Å². The molecule has 0 saturated carbocycles. The second kappa shape index (κ2) is 12.3. The van der Waals surface area contributed by atoms with Crippen LogP contribution in [0.1, 0.15) is 25.1 Å². The fourth-order valence-electron chi connectivity index (χ4n) is 4.40. The van der Waals surface area contributed by atoms with E-state index in [0.717, 1.165) is 43.8 Å². The molecule has 2 N–H and O–H groups in total. The Labute approximate surface area is 218 Å². The molecule has 1 aliphatic rings. The molecule has 0 unspecified atom stereocenters. The van der Waals surface area contributed by atoms with Crippen molar-refractivity contribution in [1.82, 2.24) is 14.8 Å². The van der Waals surface area contributed by atoms with Gasteiger partial charge in [0.1, 0.15) is 11.8 Å². The van der Waals surface area contributed by atoms with E-state index in [2.05, 4.69) is 33.6 Å². The van der Waals surface area contributed by atoms with Gasteiger partial charge in [0.15, 0.2) is 0 Å². The summed E-state index contributed by atoms with van der Waals surface area (Å²) in [4.78, 5) is 22.2. The maximum absolute atomic E-state index is 12.8. The highest BCUT2D eigenvalue weighted by Gasteiger charge is 2.18. The molecule has 2 heterocycles. The molecule has 0 atom stereocenters. The van der Waals surface area contributed by atoms with Crippen molar-refractivity contribution in [2.24, 2.45) is 0 Å². The van der Waals surface area contributed by atoms with Gasteiger partial charge in [-0.2, -0.15) is 5.26 Å². The summed E-state index contributed by atoms with van der Waals surface area (Å²) >= 11 is 0. The van der Waals surface area contributed by atoms with E-state index in [0.29, 0.717) is 46.9 Å². The minimum atomic E-state index is -0.231. The lowest BCUT2D eigenvalue weighted by Gasteiger charge is -2.31. The first-order valence-corrected chi connectivity index (χ1v) is 12.8. The number of hydrogen-bond acceptors (Lipinski definition) is 7. The van der Waals surface area contributed by atoms with Crippen LogP contribution < -0.4 is 15.4 Å². The number of carbonyl (C=O) groups excluding carboxylic acids is 1. The van der Waals surface area contributed by atoms with Crippen molar-refractivity contribution >= 4 is 33.9 Å². The number of fused-ring (bicyclic) bond motifs is 1. The fraction of sp³-hybridized carbons (Fsp3) is 0.345. The van der Waals surface area contributed by atoms with Crippen molar-refractivity contribution in [1.29, 1.82) is 5.26 Å². The third kappa shape index (κ3) is 6.45. The highest BCUT2D eigenvalue weighted by Crippen LogP contribution is 2.37. The van der Waals surface area contributed by atoms with Crippen LogP contribution in [0, 0.1) is 11.3 Å². The standard InChI is InChI=1S/C29H34N6O2/c1-4-24-23(20-30)29(31-21-10-7-6-8-11-21)22-18-26(27(37-5-2)19-25(22)32-24)33-28(36)12-9-13-35-16-14-34(3)15-17-35/h6-12,18-19H,4-5,13-17H2,1-3H3,(H,31,32)(H,33,36)/b12-9+. The number of ether oxygens (including phenoxy) is 1. The normalized spacial score (nSPS) is 14.5. The number of nitrogens with zero attached hydrogens (tertiary/aromatic N) is 4. The van der Waals surface area contributed by atoms with Gasteiger partial charge in [0, 0.05) is 55.9 Å². The predicted molar refractivity (Wildman–Crippen MR) is 148 cm³/mol. The average molecular weight is 499 g/mol. The van der Waals surface area contributed by atoms with Gasteiger partial charge in [-0.3, -0.25) is 14.7 Å². The van der Waals surface area contributed by atoms with Crippen LogP contribution in [0.2, 0.25) is 0 Å². The molecule has 1 aromatic heterocycles. The van der Waals surface area contributed by atoms with Crippen molar-refractivity contribution in [2.75, 3.05) is 57.0 Å². The zero-order chi connectivity index (χ0) is 26.2. The summed E-state index contributed by atoms with van der Waals surface area (Å²) in [6, 6.07) is 15.7. The van der Waals surface area contributed by atoms with Crippen molar-refractivity contribution in [3.8, 4) is 11.8 Å². The molecule has 1 aliphatic heterocycles. The second-order valence-corrected chi connectivity index (χ2v) is 9.06. The summed E-state index contributed by atoms with van der Waals surface area (Å²) in [6.45, 7) is 9.11. The number of rotatable bonds is 9. The number of aromatic nitrogens is 1. The quantitative estimate of drug-likeness (QED) is 0.418. The molecule has 2 aromatic carbocycles. The number of carbonyl (C=O) groups is 1. The van der Waals surface area contributed by atoms with Gasteiger partial charge in [0.05, 0.1) is 34.8 Å². The number of para-hydroxylation sites is 1. The molecular weight excluding hydrogens is 464 g/mol. The summed E-state index contributed by atoms with van der Waals surface area (Å²) in [6.07, 6.45) is 4.08. The highest BCUT2D eigenvalue weighted by atomic mass is 16.5. The molecule has 4 rings (SSSR count). The van der Waals surface area contributed by atoms with Gasteiger partial charge < -0.3 is 20.3 Å². The van der Waals surface area contributed by atoms with Crippen molar-refractivity contribution in [2.45, 2.75) is 20.3 Å². The van der Waals surface area contributed by atoms with Crippen molar-refractivity contribution < 1.29 is 9.53 Å². The first-order chi connectivity index (χ1) is 18.0. The maximum Gasteiger partial charge on any atom is 0.248 e. The SMILES string of the molecule is CCOc1cc2nc(CC)c(C#N)c(Nc3ccccc3)c2cc1NC(=O)/C=C/CN1CCN(C)CC1. The zero-order valence-electron chi connectivity index (χ0n) is 21.8. The van der Waals surface area contributed by atoms with Gasteiger partial charge in [-0.1, -0.05) is 31.2 Å². The number of nitrogens with one attached hydrogen (secondary N) is 2. The van der Waals surface area contributed by atoms with Crippen molar-refractivity contribution in [3.05, 3.63) is 65.9 Å². The lowest BCUT2D eigenvalue weighted by atomic mass is 10.0. The Morgan fingerprint density at radius 1 is 1.16 bits per heavy atom. The first kappa shape index (κ1) is 26.1. The molecular formula is C29H34N6O2. The van der Waals surface area contributed by atoms with E-state index in [-0.39, 0.29) is 5.91 Å². The lowest BCUT2D eigenvalue weighted by molar-refractivity contribution is -0.111. The Hall–Kier alpha value is -3.93. The third-order valence-electron chi connectivity index (χ3n) is 6.44. The minimum absolute atomic E-state index is 0.231. The van der Waals surface area contributed by atoms with Gasteiger partial charge in [-0.15, -0.1) is 0 Å². The van der Waals surface area contributed by atoms with E-state index >= 15 is 0 Å². The fourth-order valence-corrected chi connectivity index (χ4v) is 4.40. The van der Waals surface area contributed by atoms with Gasteiger partial charge in [0.25, 0.3) is 0 Å². The molecule has 3 aromatic rings. The number of nitriles is 1. The summed E-state index contributed by atoms with van der Waals surface area (Å²) in [5.74, 6) is 0.311. The van der Waals surface area contributed by atoms with Crippen LogP contribution in [0.25, 0.3) is 10.9 Å². The van der Waals surface area contributed by atoms with Gasteiger partial charge in [-0.05, 0) is 38.6 Å². The molecule has 0 radical (unpaired) electrons. The monoisotopic (exact) mass is 498 g/mol. The summed E-state index contributed by atoms with van der Waals surface area (Å²) in [7, 11) is 2.12. The number of pyridine rings is 1. The minimum Gasteiger partial charge on any atom is -0.492 e. The van der Waals surface area contributed by atoms with E-state index in [9.17, 15) is 10.1 Å². The number of piperazine rings is 1. The number of amides is 1. The Balaban J connectivity index is 1.66. The Morgan fingerprint density at radius 2 is 1.92 bits per heavy atom. The van der Waals surface area contributed by atoms with E-state index in [1.54, 1.807) is 6.08 Å². The van der Waals surface area contributed by atoms with Crippen LogP contribution >= 0.6 is 0 Å². The number of likely N-dealkylation sites (N-methyl/N-ethyl adjacent to an activating group) is 1. The van der Waals surface area contributed by atoms with E-state index < -0.39 is 0 Å². The molecule has 0 spiro atoms. The molecule has 8 nitrogen and oxygen atoms in total.